The van der Waals surface area contributed by atoms with E-state index in [2.05, 4.69) is 11.8 Å². The molecule has 2 rings (SSSR count). The summed E-state index contributed by atoms with van der Waals surface area (Å²) in [6, 6.07) is 1.66. The third kappa shape index (κ3) is 4.15. The maximum Gasteiger partial charge on any atom is 0.261 e. The summed E-state index contributed by atoms with van der Waals surface area (Å²) >= 11 is 12.2. The Morgan fingerprint density at radius 2 is 2.12 bits per heavy atom. The van der Waals surface area contributed by atoms with Crippen molar-refractivity contribution >= 4 is 29.1 Å². The van der Waals surface area contributed by atoms with E-state index in [1.54, 1.807) is 4.90 Å². The first-order valence-electron chi connectivity index (χ1n) is 8.61. The summed E-state index contributed by atoms with van der Waals surface area (Å²) in [5.74, 6) is -0.466. The standard InChI is InChI=1S/C18H26Cl2N2O3/c1-5-21-8-6-7-12(21)10-22(11(2)3)18(24)15-16(23)13(19)9-14(20)17(15)25-4/h9,11-12,23H,5-8,10H2,1-4H3. The van der Waals surface area contributed by atoms with Gasteiger partial charge in [0.15, 0.2) is 11.5 Å². The molecule has 1 fully saturated rings. The van der Waals surface area contributed by atoms with Gasteiger partial charge in [0.2, 0.25) is 0 Å². The van der Waals surface area contributed by atoms with Crippen LogP contribution in [0.2, 0.25) is 10.0 Å². The molecule has 0 saturated carbocycles. The number of amides is 1. The molecule has 0 spiro atoms. The van der Waals surface area contributed by atoms with Crippen LogP contribution in [0.1, 0.15) is 44.0 Å². The third-order valence-corrected chi connectivity index (χ3v) is 5.34. The lowest BCUT2D eigenvalue weighted by Crippen LogP contribution is -2.46. The Balaban J connectivity index is 2.38. The highest BCUT2D eigenvalue weighted by Gasteiger charge is 2.32. The maximum atomic E-state index is 13.2. The van der Waals surface area contributed by atoms with Crippen molar-refractivity contribution in [2.45, 2.75) is 45.7 Å². The average Bonchev–Trinajstić information content (AvgIpc) is 3.02. The van der Waals surface area contributed by atoms with Crippen LogP contribution >= 0.6 is 23.2 Å². The Bertz CT molecular complexity index is 637. The number of likely N-dealkylation sites (N-methyl/N-ethyl adjacent to an activating group) is 1. The molecule has 0 aliphatic carbocycles. The lowest BCUT2D eigenvalue weighted by Gasteiger charge is -2.33. The van der Waals surface area contributed by atoms with Crippen molar-refractivity contribution in [1.82, 2.24) is 9.80 Å². The van der Waals surface area contributed by atoms with E-state index in [-0.39, 0.29) is 39.1 Å². The van der Waals surface area contributed by atoms with Gasteiger partial charge in [-0.1, -0.05) is 30.1 Å². The monoisotopic (exact) mass is 388 g/mol. The minimum absolute atomic E-state index is 0.0229. The van der Waals surface area contributed by atoms with E-state index in [0.717, 1.165) is 25.9 Å². The van der Waals surface area contributed by atoms with Gasteiger partial charge in [0.1, 0.15) is 5.56 Å². The van der Waals surface area contributed by atoms with Gasteiger partial charge in [-0.25, -0.2) is 0 Å². The van der Waals surface area contributed by atoms with Crippen LogP contribution in [-0.2, 0) is 0 Å². The predicted molar refractivity (Wildman–Crippen MR) is 101 cm³/mol. The number of nitrogens with zero attached hydrogens (tertiary/aromatic N) is 2. The topological polar surface area (TPSA) is 53.0 Å². The van der Waals surface area contributed by atoms with E-state index < -0.39 is 0 Å². The number of benzene rings is 1. The van der Waals surface area contributed by atoms with Gasteiger partial charge in [-0.05, 0) is 45.8 Å². The van der Waals surface area contributed by atoms with Crippen molar-refractivity contribution in [3.05, 3.63) is 21.7 Å². The number of halogens is 2. The van der Waals surface area contributed by atoms with Gasteiger partial charge in [0, 0.05) is 18.6 Å². The molecule has 1 aliphatic heterocycles. The van der Waals surface area contributed by atoms with Gasteiger partial charge >= 0.3 is 0 Å². The summed E-state index contributed by atoms with van der Waals surface area (Å²) in [6.45, 7) is 8.65. The summed E-state index contributed by atoms with van der Waals surface area (Å²) in [6.07, 6.45) is 2.19. The largest absolute Gasteiger partial charge is 0.505 e. The number of aromatic hydroxyl groups is 1. The Morgan fingerprint density at radius 3 is 2.68 bits per heavy atom. The van der Waals surface area contributed by atoms with Crippen molar-refractivity contribution in [3.8, 4) is 11.5 Å². The summed E-state index contributed by atoms with van der Waals surface area (Å²) in [7, 11) is 1.42. The zero-order valence-corrected chi connectivity index (χ0v) is 16.7. The molecule has 1 N–H and O–H groups in total. The molecule has 140 valence electrons. The lowest BCUT2D eigenvalue weighted by atomic mass is 10.1. The normalized spacial score (nSPS) is 18.0. The number of carbonyl (C=O) groups is 1. The number of hydrogen-bond donors (Lipinski definition) is 1. The van der Waals surface area contributed by atoms with Crippen LogP contribution in [0.15, 0.2) is 6.07 Å². The predicted octanol–water partition coefficient (Wildman–Crippen LogP) is 4.04. The molecular formula is C18H26Cl2N2O3. The summed E-state index contributed by atoms with van der Waals surface area (Å²) in [4.78, 5) is 17.4. The Morgan fingerprint density at radius 1 is 1.44 bits per heavy atom. The highest BCUT2D eigenvalue weighted by Crippen LogP contribution is 2.41. The molecular weight excluding hydrogens is 363 g/mol. The van der Waals surface area contributed by atoms with E-state index in [0.29, 0.717) is 12.6 Å². The fourth-order valence-corrected chi connectivity index (χ4v) is 3.95. The van der Waals surface area contributed by atoms with Gasteiger partial charge < -0.3 is 14.7 Å². The average molecular weight is 389 g/mol. The van der Waals surface area contributed by atoms with E-state index in [9.17, 15) is 9.90 Å². The van der Waals surface area contributed by atoms with Crippen LogP contribution in [-0.4, -0.2) is 59.6 Å². The van der Waals surface area contributed by atoms with E-state index >= 15 is 0 Å². The van der Waals surface area contributed by atoms with E-state index in [1.807, 2.05) is 13.8 Å². The summed E-state index contributed by atoms with van der Waals surface area (Å²) in [5.41, 5.74) is 0.0229. The molecule has 1 saturated heterocycles. The van der Waals surface area contributed by atoms with Crippen LogP contribution in [0.4, 0.5) is 0 Å². The number of likely N-dealkylation sites (tertiary alicyclic amines) is 1. The first-order valence-corrected chi connectivity index (χ1v) is 9.37. The van der Waals surface area contributed by atoms with Crippen LogP contribution < -0.4 is 4.74 Å². The number of hydrogen-bond acceptors (Lipinski definition) is 4. The molecule has 1 unspecified atom stereocenters. The Hall–Kier alpha value is -1.17. The summed E-state index contributed by atoms with van der Waals surface area (Å²) in [5, 5.41) is 10.6. The second-order valence-electron chi connectivity index (χ2n) is 6.57. The maximum absolute atomic E-state index is 13.2. The molecule has 25 heavy (non-hydrogen) atoms. The number of ether oxygens (including phenoxy) is 1. The van der Waals surface area contributed by atoms with Gasteiger partial charge in [-0.15, -0.1) is 0 Å². The SMILES string of the molecule is CCN1CCCC1CN(C(=O)c1c(O)c(Cl)cc(Cl)c1OC)C(C)C. The minimum atomic E-state index is -0.322. The number of carbonyl (C=O) groups excluding carboxylic acids is 1. The lowest BCUT2D eigenvalue weighted by molar-refractivity contribution is 0.0641. The molecule has 7 heteroatoms. The molecule has 5 nitrogen and oxygen atoms in total. The molecule has 1 atom stereocenters. The Labute approximate surface area is 159 Å². The van der Waals surface area contributed by atoms with E-state index in [4.69, 9.17) is 27.9 Å². The van der Waals surface area contributed by atoms with Crippen molar-refractivity contribution < 1.29 is 14.6 Å². The highest BCUT2D eigenvalue weighted by atomic mass is 35.5. The number of phenolic OH excluding ortho intramolecular Hbond substituents is 1. The second-order valence-corrected chi connectivity index (χ2v) is 7.39. The van der Waals surface area contributed by atoms with Gasteiger partial charge in [-0.3, -0.25) is 9.69 Å². The van der Waals surface area contributed by atoms with Gasteiger partial charge in [0.25, 0.3) is 5.91 Å². The van der Waals surface area contributed by atoms with Crippen molar-refractivity contribution in [1.29, 1.82) is 0 Å². The molecule has 1 aliphatic rings. The van der Waals surface area contributed by atoms with Crippen LogP contribution in [0.25, 0.3) is 0 Å². The molecule has 0 bridgehead atoms. The first kappa shape index (κ1) is 20.1. The number of phenols is 1. The smallest absolute Gasteiger partial charge is 0.261 e. The Kier molecular flexibility index (Phi) is 6.83. The first-order chi connectivity index (χ1) is 11.8. The zero-order valence-electron chi connectivity index (χ0n) is 15.2. The van der Waals surface area contributed by atoms with Crippen molar-refractivity contribution in [2.24, 2.45) is 0 Å². The van der Waals surface area contributed by atoms with E-state index in [1.165, 1.54) is 13.2 Å². The molecule has 0 aromatic heterocycles. The molecule has 0 radical (unpaired) electrons. The third-order valence-electron chi connectivity index (χ3n) is 4.78. The fourth-order valence-electron chi connectivity index (χ4n) is 3.41. The minimum Gasteiger partial charge on any atom is -0.505 e. The number of rotatable bonds is 6. The number of methoxy groups -OCH3 is 1. The van der Waals surface area contributed by atoms with Gasteiger partial charge in [-0.2, -0.15) is 0 Å². The van der Waals surface area contributed by atoms with Crippen molar-refractivity contribution in [3.63, 3.8) is 0 Å². The second kappa shape index (κ2) is 8.47. The quantitative estimate of drug-likeness (QED) is 0.798. The van der Waals surface area contributed by atoms with Crippen molar-refractivity contribution in [2.75, 3.05) is 26.7 Å². The highest BCUT2D eigenvalue weighted by molar-refractivity contribution is 6.37. The fraction of sp³-hybridized carbons (Fsp3) is 0.611. The molecule has 1 aromatic rings. The zero-order chi connectivity index (χ0) is 18.7. The molecule has 1 heterocycles. The molecule has 1 amide bonds. The summed E-state index contributed by atoms with van der Waals surface area (Å²) < 4.78 is 5.27. The van der Waals surface area contributed by atoms with Gasteiger partial charge in [0.05, 0.1) is 17.2 Å². The van der Waals surface area contributed by atoms with Crippen LogP contribution in [0.3, 0.4) is 0 Å². The molecule has 1 aromatic carbocycles. The van der Waals surface area contributed by atoms with Crippen LogP contribution in [0, 0.1) is 0 Å². The van der Waals surface area contributed by atoms with Crippen LogP contribution in [0.5, 0.6) is 11.5 Å².